The Morgan fingerprint density at radius 1 is 0.857 bits per heavy atom. The number of hydrogen-bond donors (Lipinski definition) is 2. The van der Waals surface area contributed by atoms with Crippen LogP contribution in [-0.2, 0) is 12.8 Å². The zero-order valence-electron chi connectivity index (χ0n) is 8.03. The predicted octanol–water partition coefficient (Wildman–Crippen LogP) is 1.65. The molecule has 3 rings (SSSR count). The van der Waals surface area contributed by atoms with Gasteiger partial charge in [-0.05, 0) is 47.9 Å². The van der Waals surface area contributed by atoms with E-state index in [0.717, 1.165) is 36.8 Å². The molecule has 0 saturated carbocycles. The van der Waals surface area contributed by atoms with E-state index in [9.17, 15) is 10.2 Å². The van der Waals surface area contributed by atoms with Crippen molar-refractivity contribution in [1.82, 2.24) is 0 Å². The van der Waals surface area contributed by atoms with Gasteiger partial charge in [0.05, 0.1) is 12.2 Å². The standard InChI is InChI=1S/C12H14O2/c13-11-3-1-7-5-10-8(6-9(7)11)2-4-12(10)14/h5-6,11-14H,1-4H2. The third-order valence-electron chi connectivity index (χ3n) is 3.49. The van der Waals surface area contributed by atoms with Gasteiger partial charge in [0.2, 0.25) is 0 Å². The molecule has 2 heteroatoms. The van der Waals surface area contributed by atoms with Crippen LogP contribution in [0, 0.1) is 0 Å². The first-order chi connectivity index (χ1) is 6.75. The molecule has 0 heterocycles. The van der Waals surface area contributed by atoms with Crippen LogP contribution in [0.15, 0.2) is 12.1 Å². The van der Waals surface area contributed by atoms with Crippen LogP contribution in [0.25, 0.3) is 0 Å². The molecule has 14 heavy (non-hydrogen) atoms. The van der Waals surface area contributed by atoms with Crippen molar-refractivity contribution in [3.63, 3.8) is 0 Å². The van der Waals surface area contributed by atoms with Crippen molar-refractivity contribution in [1.29, 1.82) is 0 Å². The lowest BCUT2D eigenvalue weighted by atomic mass is 10.0. The van der Waals surface area contributed by atoms with Gasteiger partial charge < -0.3 is 10.2 Å². The third kappa shape index (κ3) is 1.04. The summed E-state index contributed by atoms with van der Waals surface area (Å²) in [6.07, 6.45) is 3.05. The minimum Gasteiger partial charge on any atom is -0.388 e. The molecule has 1 aromatic rings. The highest BCUT2D eigenvalue weighted by atomic mass is 16.3. The van der Waals surface area contributed by atoms with Gasteiger partial charge in [-0.3, -0.25) is 0 Å². The van der Waals surface area contributed by atoms with Gasteiger partial charge in [0.25, 0.3) is 0 Å². The third-order valence-corrected chi connectivity index (χ3v) is 3.49. The number of aryl methyl sites for hydroxylation is 2. The maximum Gasteiger partial charge on any atom is 0.0796 e. The van der Waals surface area contributed by atoms with Gasteiger partial charge in [-0.25, -0.2) is 0 Å². The fourth-order valence-corrected chi connectivity index (χ4v) is 2.68. The van der Waals surface area contributed by atoms with Crippen molar-refractivity contribution < 1.29 is 10.2 Å². The van der Waals surface area contributed by atoms with E-state index >= 15 is 0 Å². The van der Waals surface area contributed by atoms with Crippen LogP contribution in [0.5, 0.6) is 0 Å². The summed E-state index contributed by atoms with van der Waals surface area (Å²) in [4.78, 5) is 0. The van der Waals surface area contributed by atoms with Gasteiger partial charge in [0, 0.05) is 0 Å². The van der Waals surface area contributed by atoms with E-state index in [1.165, 1.54) is 11.1 Å². The molecule has 2 aliphatic rings. The Bertz CT molecular complexity index is 346. The Morgan fingerprint density at radius 2 is 1.29 bits per heavy atom. The number of rotatable bonds is 0. The Labute approximate surface area is 83.2 Å². The molecular weight excluding hydrogens is 176 g/mol. The second-order valence-electron chi connectivity index (χ2n) is 4.36. The molecule has 2 unspecified atom stereocenters. The van der Waals surface area contributed by atoms with Crippen LogP contribution >= 0.6 is 0 Å². The Morgan fingerprint density at radius 3 is 1.71 bits per heavy atom. The molecular formula is C12H14O2. The topological polar surface area (TPSA) is 40.5 Å². The Balaban J connectivity index is 2.15. The van der Waals surface area contributed by atoms with Crippen molar-refractivity contribution in [3.8, 4) is 0 Å². The van der Waals surface area contributed by atoms with E-state index in [4.69, 9.17) is 0 Å². The smallest absolute Gasteiger partial charge is 0.0796 e. The van der Waals surface area contributed by atoms with E-state index in [-0.39, 0.29) is 12.2 Å². The second kappa shape index (κ2) is 2.81. The van der Waals surface area contributed by atoms with Gasteiger partial charge in [0.15, 0.2) is 0 Å². The summed E-state index contributed by atoms with van der Waals surface area (Å²) in [5.41, 5.74) is 4.66. The summed E-state index contributed by atoms with van der Waals surface area (Å²) in [5, 5.41) is 19.4. The lowest BCUT2D eigenvalue weighted by Gasteiger charge is -2.08. The normalized spacial score (nSPS) is 29.0. The molecule has 74 valence electrons. The van der Waals surface area contributed by atoms with E-state index in [1.807, 2.05) is 0 Å². The summed E-state index contributed by atoms with van der Waals surface area (Å²) in [5.74, 6) is 0. The summed E-state index contributed by atoms with van der Waals surface area (Å²) < 4.78 is 0. The molecule has 2 atom stereocenters. The summed E-state index contributed by atoms with van der Waals surface area (Å²) >= 11 is 0. The number of aliphatic hydroxyl groups is 2. The predicted molar refractivity (Wildman–Crippen MR) is 53.0 cm³/mol. The van der Waals surface area contributed by atoms with Crippen molar-refractivity contribution in [2.75, 3.05) is 0 Å². The molecule has 0 amide bonds. The minimum absolute atomic E-state index is 0.270. The van der Waals surface area contributed by atoms with E-state index < -0.39 is 0 Å². The molecule has 0 aromatic heterocycles. The molecule has 0 spiro atoms. The fourth-order valence-electron chi connectivity index (χ4n) is 2.68. The van der Waals surface area contributed by atoms with Crippen molar-refractivity contribution >= 4 is 0 Å². The monoisotopic (exact) mass is 190 g/mol. The largest absolute Gasteiger partial charge is 0.388 e. The van der Waals surface area contributed by atoms with Crippen LogP contribution in [-0.4, -0.2) is 10.2 Å². The zero-order valence-corrected chi connectivity index (χ0v) is 8.03. The summed E-state index contributed by atoms with van der Waals surface area (Å²) in [6, 6.07) is 4.19. The second-order valence-corrected chi connectivity index (χ2v) is 4.36. The molecule has 2 N–H and O–H groups in total. The molecule has 2 aliphatic carbocycles. The van der Waals surface area contributed by atoms with Crippen LogP contribution in [0.4, 0.5) is 0 Å². The van der Waals surface area contributed by atoms with Crippen molar-refractivity contribution in [2.24, 2.45) is 0 Å². The highest BCUT2D eigenvalue weighted by Crippen LogP contribution is 2.39. The average Bonchev–Trinajstić information content (AvgIpc) is 2.71. The highest BCUT2D eigenvalue weighted by molar-refractivity contribution is 5.45. The maximum atomic E-state index is 9.72. The average molecular weight is 190 g/mol. The van der Waals surface area contributed by atoms with Gasteiger partial charge in [0.1, 0.15) is 0 Å². The van der Waals surface area contributed by atoms with Crippen LogP contribution in [0.3, 0.4) is 0 Å². The van der Waals surface area contributed by atoms with Crippen LogP contribution < -0.4 is 0 Å². The molecule has 2 nitrogen and oxygen atoms in total. The maximum absolute atomic E-state index is 9.72. The molecule has 0 fully saturated rings. The molecule has 0 aliphatic heterocycles. The molecule has 0 saturated heterocycles. The van der Waals surface area contributed by atoms with Crippen LogP contribution in [0.1, 0.15) is 47.3 Å². The van der Waals surface area contributed by atoms with Crippen molar-refractivity contribution in [2.45, 2.75) is 37.9 Å². The highest BCUT2D eigenvalue weighted by Gasteiger charge is 2.26. The Kier molecular flexibility index (Phi) is 1.70. The van der Waals surface area contributed by atoms with E-state index in [0.29, 0.717) is 0 Å². The zero-order chi connectivity index (χ0) is 9.71. The van der Waals surface area contributed by atoms with Crippen LogP contribution in [0.2, 0.25) is 0 Å². The van der Waals surface area contributed by atoms with E-state index in [2.05, 4.69) is 12.1 Å². The Hall–Kier alpha value is -0.860. The van der Waals surface area contributed by atoms with Crippen molar-refractivity contribution in [3.05, 3.63) is 34.4 Å². The summed E-state index contributed by atoms with van der Waals surface area (Å²) in [7, 11) is 0. The first-order valence-electron chi connectivity index (χ1n) is 5.27. The van der Waals surface area contributed by atoms with Gasteiger partial charge in [-0.15, -0.1) is 0 Å². The van der Waals surface area contributed by atoms with E-state index in [1.54, 1.807) is 0 Å². The fraction of sp³-hybridized carbons (Fsp3) is 0.500. The number of fused-ring (bicyclic) bond motifs is 2. The van der Waals surface area contributed by atoms with Gasteiger partial charge in [-0.2, -0.15) is 0 Å². The number of benzene rings is 1. The molecule has 0 bridgehead atoms. The first-order valence-corrected chi connectivity index (χ1v) is 5.27. The quantitative estimate of drug-likeness (QED) is 0.653. The number of hydrogen-bond acceptors (Lipinski definition) is 2. The number of aliphatic hydroxyl groups excluding tert-OH is 2. The molecule has 1 aromatic carbocycles. The molecule has 0 radical (unpaired) electrons. The first kappa shape index (κ1) is 8.45. The summed E-state index contributed by atoms with van der Waals surface area (Å²) in [6.45, 7) is 0. The van der Waals surface area contributed by atoms with Gasteiger partial charge >= 0.3 is 0 Å². The minimum atomic E-state index is -0.270. The lowest BCUT2D eigenvalue weighted by molar-refractivity contribution is 0.179. The van der Waals surface area contributed by atoms with Gasteiger partial charge in [-0.1, -0.05) is 12.1 Å². The lowest BCUT2D eigenvalue weighted by Crippen LogP contribution is -1.95. The SMILES string of the molecule is OC1CCc2cc3c(cc21)CCC3O.